The lowest BCUT2D eigenvalue weighted by atomic mass is 9.99. The fraction of sp³-hybridized carbons (Fsp3) is 0.333. The van der Waals surface area contributed by atoms with Crippen LogP contribution in [0.4, 0.5) is 16.2 Å². The van der Waals surface area contributed by atoms with Crippen molar-refractivity contribution in [3.05, 3.63) is 58.6 Å². The van der Waals surface area contributed by atoms with Gasteiger partial charge in [-0.2, -0.15) is 0 Å². The molecule has 2 aromatic carbocycles. The predicted molar refractivity (Wildman–Crippen MR) is 111 cm³/mol. The van der Waals surface area contributed by atoms with Crippen LogP contribution in [0.2, 0.25) is 5.02 Å². The average Bonchev–Trinajstić information content (AvgIpc) is 2.62. The highest BCUT2D eigenvalue weighted by atomic mass is 35.5. The van der Waals surface area contributed by atoms with E-state index < -0.39 is 6.04 Å². The molecule has 0 bridgehead atoms. The number of hydrogen-bond acceptors (Lipinski definition) is 3. The van der Waals surface area contributed by atoms with Crippen molar-refractivity contribution in [1.82, 2.24) is 9.80 Å². The van der Waals surface area contributed by atoms with Crippen molar-refractivity contribution < 1.29 is 9.59 Å². The number of halogens is 1. The summed E-state index contributed by atoms with van der Waals surface area (Å²) in [6.07, 6.45) is 1.64. The molecule has 2 N–H and O–H groups in total. The van der Waals surface area contributed by atoms with Gasteiger partial charge in [0.1, 0.15) is 6.04 Å². The Morgan fingerprint density at radius 2 is 1.75 bits per heavy atom. The molecule has 2 heterocycles. The zero-order valence-corrected chi connectivity index (χ0v) is 16.5. The first-order valence-electron chi connectivity index (χ1n) is 9.44. The topological polar surface area (TPSA) is 64.7 Å². The molecule has 0 saturated carbocycles. The number of hydrogen-bond donors (Lipinski definition) is 2. The molecule has 3 amide bonds. The number of carbonyl (C=O) groups excluding carboxylic acids is 2. The Kier molecular flexibility index (Phi) is 5.24. The van der Waals surface area contributed by atoms with Gasteiger partial charge in [0.25, 0.3) is 0 Å². The lowest BCUT2D eigenvalue weighted by Crippen LogP contribution is -2.58. The largest absolute Gasteiger partial charge is 0.324 e. The molecule has 0 aliphatic carbocycles. The van der Waals surface area contributed by atoms with Crippen LogP contribution in [0.25, 0.3) is 0 Å². The second-order valence-electron chi connectivity index (χ2n) is 7.40. The van der Waals surface area contributed by atoms with E-state index in [1.165, 1.54) is 11.1 Å². The molecule has 1 saturated heterocycles. The van der Waals surface area contributed by atoms with Gasteiger partial charge in [0.15, 0.2) is 0 Å². The molecule has 0 aromatic heterocycles. The predicted octanol–water partition coefficient (Wildman–Crippen LogP) is 3.57. The van der Waals surface area contributed by atoms with E-state index in [1.54, 1.807) is 29.2 Å². The first kappa shape index (κ1) is 18.8. The third-order valence-corrected chi connectivity index (χ3v) is 5.61. The lowest BCUT2D eigenvalue weighted by Gasteiger charge is -2.39. The second kappa shape index (κ2) is 7.81. The van der Waals surface area contributed by atoms with Crippen molar-refractivity contribution in [2.45, 2.75) is 25.4 Å². The molecule has 4 rings (SSSR count). The molecular weight excluding hydrogens is 376 g/mol. The number of rotatable bonds is 3. The molecule has 1 fully saturated rings. The fourth-order valence-corrected chi connectivity index (χ4v) is 3.75. The number of likely N-dealkylation sites (tertiary alicyclic amines) is 1. The van der Waals surface area contributed by atoms with E-state index in [-0.39, 0.29) is 11.9 Å². The molecule has 7 heteroatoms. The number of nitrogens with one attached hydrogen (secondary N) is 2. The molecule has 1 atom stereocenters. The zero-order chi connectivity index (χ0) is 19.7. The van der Waals surface area contributed by atoms with E-state index in [1.807, 2.05) is 6.07 Å². The molecule has 28 heavy (non-hydrogen) atoms. The van der Waals surface area contributed by atoms with Crippen LogP contribution in [0, 0.1) is 0 Å². The average molecular weight is 399 g/mol. The SMILES string of the molecule is CN1CCc2cc(NC(=O)C3CCN3C(=O)Nc3ccc(Cl)cc3)ccc2C1. The summed E-state index contributed by atoms with van der Waals surface area (Å²) in [5, 5.41) is 6.39. The Morgan fingerprint density at radius 3 is 2.46 bits per heavy atom. The van der Waals surface area contributed by atoms with Crippen LogP contribution >= 0.6 is 11.6 Å². The third kappa shape index (κ3) is 3.98. The fourth-order valence-electron chi connectivity index (χ4n) is 3.63. The summed E-state index contributed by atoms with van der Waals surface area (Å²) in [5.41, 5.74) is 4.03. The zero-order valence-electron chi connectivity index (χ0n) is 15.7. The summed E-state index contributed by atoms with van der Waals surface area (Å²) in [6.45, 7) is 2.52. The molecule has 6 nitrogen and oxygen atoms in total. The van der Waals surface area contributed by atoms with Crippen LogP contribution < -0.4 is 10.6 Å². The highest BCUT2D eigenvalue weighted by Gasteiger charge is 2.37. The van der Waals surface area contributed by atoms with Crippen LogP contribution in [0.15, 0.2) is 42.5 Å². The maximum atomic E-state index is 12.7. The van der Waals surface area contributed by atoms with Crippen molar-refractivity contribution in [3.63, 3.8) is 0 Å². The molecule has 0 radical (unpaired) electrons. The van der Waals surface area contributed by atoms with Crippen molar-refractivity contribution in [2.24, 2.45) is 0 Å². The second-order valence-corrected chi connectivity index (χ2v) is 7.83. The van der Waals surface area contributed by atoms with Crippen LogP contribution in [-0.2, 0) is 17.8 Å². The number of nitrogens with zero attached hydrogens (tertiary/aromatic N) is 2. The van der Waals surface area contributed by atoms with Gasteiger partial charge in [-0.1, -0.05) is 17.7 Å². The van der Waals surface area contributed by atoms with Gasteiger partial charge in [0.05, 0.1) is 0 Å². The highest BCUT2D eigenvalue weighted by molar-refractivity contribution is 6.30. The summed E-state index contributed by atoms with van der Waals surface area (Å²) in [4.78, 5) is 29.0. The van der Waals surface area contributed by atoms with Crippen LogP contribution in [0.3, 0.4) is 0 Å². The summed E-state index contributed by atoms with van der Waals surface area (Å²) >= 11 is 5.86. The molecule has 0 spiro atoms. The van der Waals surface area contributed by atoms with Gasteiger partial charge < -0.3 is 20.4 Å². The highest BCUT2D eigenvalue weighted by Crippen LogP contribution is 2.25. The Balaban J connectivity index is 1.37. The number of benzene rings is 2. The van der Waals surface area contributed by atoms with E-state index >= 15 is 0 Å². The van der Waals surface area contributed by atoms with E-state index in [2.05, 4.69) is 34.7 Å². The number of anilines is 2. The van der Waals surface area contributed by atoms with Crippen molar-refractivity contribution in [3.8, 4) is 0 Å². The monoisotopic (exact) mass is 398 g/mol. The van der Waals surface area contributed by atoms with Gasteiger partial charge in [-0.25, -0.2) is 4.79 Å². The van der Waals surface area contributed by atoms with E-state index in [9.17, 15) is 9.59 Å². The van der Waals surface area contributed by atoms with Crippen LogP contribution in [0.5, 0.6) is 0 Å². The molecular formula is C21H23ClN4O2. The van der Waals surface area contributed by atoms with E-state index in [0.717, 1.165) is 25.2 Å². The summed E-state index contributed by atoms with van der Waals surface area (Å²) < 4.78 is 0. The van der Waals surface area contributed by atoms with Crippen molar-refractivity contribution in [1.29, 1.82) is 0 Å². The standard InChI is InChI=1S/C21H23ClN4O2/c1-25-10-8-14-12-18(5-2-15(14)13-25)23-20(27)19-9-11-26(19)21(28)24-17-6-3-16(22)4-7-17/h2-7,12,19H,8-11,13H2,1H3,(H,23,27)(H,24,28). The minimum absolute atomic E-state index is 0.148. The van der Waals surface area contributed by atoms with Gasteiger partial charge in [-0.15, -0.1) is 0 Å². The minimum Gasteiger partial charge on any atom is -0.324 e. The van der Waals surface area contributed by atoms with Crippen molar-refractivity contribution >= 4 is 34.9 Å². The molecule has 2 aliphatic heterocycles. The van der Waals surface area contributed by atoms with Gasteiger partial charge >= 0.3 is 6.03 Å². The normalized spacial score (nSPS) is 18.8. The van der Waals surface area contributed by atoms with Gasteiger partial charge in [0.2, 0.25) is 5.91 Å². The summed E-state index contributed by atoms with van der Waals surface area (Å²) in [6, 6.07) is 12.2. The number of fused-ring (bicyclic) bond motifs is 1. The number of carbonyl (C=O) groups is 2. The summed E-state index contributed by atoms with van der Waals surface area (Å²) in [5.74, 6) is -0.148. The van der Waals surface area contributed by atoms with Crippen LogP contribution in [0.1, 0.15) is 17.5 Å². The van der Waals surface area contributed by atoms with Gasteiger partial charge in [0, 0.05) is 36.0 Å². The third-order valence-electron chi connectivity index (χ3n) is 5.36. The smallest absolute Gasteiger partial charge is 0.322 e. The Bertz CT molecular complexity index is 900. The quantitative estimate of drug-likeness (QED) is 0.830. The van der Waals surface area contributed by atoms with E-state index in [0.29, 0.717) is 23.7 Å². The molecule has 146 valence electrons. The lowest BCUT2D eigenvalue weighted by molar-refractivity contribution is -0.123. The van der Waals surface area contributed by atoms with Crippen LogP contribution in [-0.4, -0.2) is 47.9 Å². The van der Waals surface area contributed by atoms with Gasteiger partial charge in [-0.05, 0) is 67.4 Å². The molecule has 2 aliphatic rings. The molecule has 2 aromatic rings. The van der Waals surface area contributed by atoms with Crippen molar-refractivity contribution in [2.75, 3.05) is 30.8 Å². The number of urea groups is 1. The van der Waals surface area contributed by atoms with Gasteiger partial charge in [-0.3, -0.25) is 4.79 Å². The first-order chi connectivity index (χ1) is 13.5. The Morgan fingerprint density at radius 1 is 1.00 bits per heavy atom. The van der Waals surface area contributed by atoms with E-state index in [4.69, 9.17) is 11.6 Å². The maximum Gasteiger partial charge on any atom is 0.322 e. The number of amides is 3. The minimum atomic E-state index is -0.450. The molecule has 1 unspecified atom stereocenters. The Labute approximate surface area is 169 Å². The summed E-state index contributed by atoms with van der Waals surface area (Å²) in [7, 11) is 2.11. The number of likely N-dealkylation sites (N-methyl/N-ethyl adjacent to an activating group) is 1. The Hall–Kier alpha value is -2.57. The first-order valence-corrected chi connectivity index (χ1v) is 9.82. The maximum absolute atomic E-state index is 12.7.